The molecule has 1 heterocycles. The van der Waals surface area contributed by atoms with Crippen LogP contribution in [0.3, 0.4) is 0 Å². The molecule has 1 aliphatic rings. The lowest BCUT2D eigenvalue weighted by atomic mass is 10.4. The molecule has 0 radical (unpaired) electrons. The summed E-state index contributed by atoms with van der Waals surface area (Å²) in [6.07, 6.45) is 2.31. The van der Waals surface area contributed by atoms with Crippen molar-refractivity contribution in [2.45, 2.75) is 25.4 Å². The third-order valence-electron chi connectivity index (χ3n) is 2.36. The fraction of sp³-hybridized carbons (Fsp3) is 0.545. The summed E-state index contributed by atoms with van der Waals surface area (Å²) in [5.74, 6) is 0.150. The fourth-order valence-corrected chi connectivity index (χ4v) is 2.25. The minimum absolute atomic E-state index is 0.150. The van der Waals surface area contributed by atoms with Gasteiger partial charge in [-0.25, -0.2) is 0 Å². The Morgan fingerprint density at radius 1 is 1.67 bits per heavy atom. The van der Waals surface area contributed by atoms with E-state index < -0.39 is 0 Å². The van der Waals surface area contributed by atoms with E-state index in [-0.39, 0.29) is 5.91 Å². The van der Waals surface area contributed by atoms with E-state index in [4.69, 9.17) is 0 Å². The van der Waals surface area contributed by atoms with E-state index in [0.29, 0.717) is 12.6 Å². The van der Waals surface area contributed by atoms with E-state index in [9.17, 15) is 4.79 Å². The molecule has 15 heavy (non-hydrogen) atoms. The molecule has 4 heteroatoms. The largest absolute Gasteiger partial charge is 0.352 e. The van der Waals surface area contributed by atoms with Gasteiger partial charge in [-0.2, -0.15) is 0 Å². The van der Waals surface area contributed by atoms with Crippen molar-refractivity contribution < 1.29 is 4.79 Å². The van der Waals surface area contributed by atoms with Crippen LogP contribution in [-0.2, 0) is 11.3 Å². The van der Waals surface area contributed by atoms with Gasteiger partial charge >= 0.3 is 0 Å². The molecule has 0 aromatic carbocycles. The third kappa shape index (κ3) is 3.64. The number of carbonyl (C=O) groups is 1. The van der Waals surface area contributed by atoms with Gasteiger partial charge in [0.2, 0.25) is 5.91 Å². The molecule has 1 aliphatic carbocycles. The van der Waals surface area contributed by atoms with Crippen molar-refractivity contribution in [3.8, 4) is 0 Å². The molecule has 1 N–H and O–H groups in total. The van der Waals surface area contributed by atoms with Gasteiger partial charge in [0.1, 0.15) is 0 Å². The maximum Gasteiger partial charge on any atom is 0.234 e. The van der Waals surface area contributed by atoms with Gasteiger partial charge in [-0.15, -0.1) is 11.3 Å². The zero-order chi connectivity index (χ0) is 10.7. The van der Waals surface area contributed by atoms with Crippen LogP contribution in [0.2, 0.25) is 0 Å². The molecule has 0 atom stereocenters. The molecule has 2 rings (SSSR count). The molecular weight excluding hydrogens is 208 g/mol. The maximum absolute atomic E-state index is 11.5. The molecule has 0 unspecified atom stereocenters. The van der Waals surface area contributed by atoms with E-state index in [1.54, 1.807) is 11.3 Å². The van der Waals surface area contributed by atoms with Crippen LogP contribution in [-0.4, -0.2) is 30.4 Å². The highest BCUT2D eigenvalue weighted by molar-refractivity contribution is 7.09. The average Bonchev–Trinajstić information content (AvgIpc) is 2.80. The SMILES string of the molecule is CN(CC(=O)NC1CC1)Cc1cccs1. The smallest absolute Gasteiger partial charge is 0.234 e. The van der Waals surface area contributed by atoms with Crippen molar-refractivity contribution in [3.05, 3.63) is 22.4 Å². The number of nitrogens with one attached hydrogen (secondary N) is 1. The third-order valence-corrected chi connectivity index (χ3v) is 3.22. The topological polar surface area (TPSA) is 32.3 Å². The Bertz CT molecular complexity index is 319. The first-order valence-corrected chi connectivity index (χ1v) is 6.12. The van der Waals surface area contributed by atoms with Gasteiger partial charge in [-0.05, 0) is 31.3 Å². The number of amides is 1. The Balaban J connectivity index is 1.71. The first-order valence-electron chi connectivity index (χ1n) is 5.24. The van der Waals surface area contributed by atoms with Crippen molar-refractivity contribution in [2.24, 2.45) is 0 Å². The van der Waals surface area contributed by atoms with Crippen molar-refractivity contribution in [3.63, 3.8) is 0 Å². The first-order chi connectivity index (χ1) is 7.24. The summed E-state index contributed by atoms with van der Waals surface area (Å²) in [6, 6.07) is 4.60. The summed E-state index contributed by atoms with van der Waals surface area (Å²) < 4.78 is 0. The van der Waals surface area contributed by atoms with Crippen molar-refractivity contribution in [1.82, 2.24) is 10.2 Å². The number of carbonyl (C=O) groups excluding carboxylic acids is 1. The molecule has 1 amide bonds. The minimum atomic E-state index is 0.150. The average molecular weight is 224 g/mol. The Morgan fingerprint density at radius 2 is 2.47 bits per heavy atom. The molecule has 0 bridgehead atoms. The summed E-state index contributed by atoms with van der Waals surface area (Å²) in [5.41, 5.74) is 0. The monoisotopic (exact) mass is 224 g/mol. The van der Waals surface area contributed by atoms with Crippen LogP contribution in [0.5, 0.6) is 0 Å². The minimum Gasteiger partial charge on any atom is -0.352 e. The Labute approximate surface area is 94.1 Å². The highest BCUT2D eigenvalue weighted by Gasteiger charge is 2.23. The maximum atomic E-state index is 11.5. The van der Waals surface area contributed by atoms with Gasteiger partial charge in [0.15, 0.2) is 0 Å². The van der Waals surface area contributed by atoms with Crippen LogP contribution in [0.25, 0.3) is 0 Å². The Kier molecular flexibility index (Phi) is 3.38. The predicted molar refractivity (Wildman–Crippen MR) is 61.8 cm³/mol. The van der Waals surface area contributed by atoms with Crippen molar-refractivity contribution in [1.29, 1.82) is 0 Å². The molecule has 0 aliphatic heterocycles. The summed E-state index contributed by atoms with van der Waals surface area (Å²) in [7, 11) is 1.98. The molecule has 0 spiro atoms. The highest BCUT2D eigenvalue weighted by atomic mass is 32.1. The molecule has 82 valence electrons. The lowest BCUT2D eigenvalue weighted by Crippen LogP contribution is -2.35. The van der Waals surface area contributed by atoms with E-state index >= 15 is 0 Å². The first kappa shape index (κ1) is 10.6. The molecule has 3 nitrogen and oxygen atoms in total. The van der Waals surface area contributed by atoms with Gasteiger partial charge < -0.3 is 5.32 Å². The van der Waals surface area contributed by atoms with Gasteiger partial charge in [-0.3, -0.25) is 9.69 Å². The molecule has 1 saturated carbocycles. The van der Waals surface area contributed by atoms with Gasteiger partial charge in [0.05, 0.1) is 6.54 Å². The Morgan fingerprint density at radius 3 is 3.07 bits per heavy atom. The van der Waals surface area contributed by atoms with Crippen LogP contribution in [0.15, 0.2) is 17.5 Å². The Hall–Kier alpha value is -0.870. The van der Waals surface area contributed by atoms with Crippen LogP contribution in [0, 0.1) is 0 Å². The van der Waals surface area contributed by atoms with Crippen molar-refractivity contribution in [2.75, 3.05) is 13.6 Å². The van der Waals surface area contributed by atoms with E-state index in [2.05, 4.69) is 16.8 Å². The predicted octanol–water partition coefficient (Wildman–Crippen LogP) is 1.46. The second-order valence-corrected chi connectivity index (χ2v) is 5.13. The van der Waals surface area contributed by atoms with Crippen LogP contribution >= 0.6 is 11.3 Å². The van der Waals surface area contributed by atoms with Crippen LogP contribution < -0.4 is 5.32 Å². The quantitative estimate of drug-likeness (QED) is 0.821. The summed E-state index contributed by atoms with van der Waals surface area (Å²) in [5, 5.41) is 5.05. The summed E-state index contributed by atoms with van der Waals surface area (Å²) in [6.45, 7) is 1.35. The fourth-order valence-electron chi connectivity index (χ4n) is 1.47. The number of likely N-dealkylation sites (N-methyl/N-ethyl adjacent to an activating group) is 1. The standard InChI is InChI=1S/C11H16N2OS/c1-13(7-10-3-2-6-15-10)8-11(14)12-9-4-5-9/h2-3,6,9H,4-5,7-8H2,1H3,(H,12,14). The number of thiophene rings is 1. The summed E-state index contributed by atoms with van der Waals surface area (Å²) in [4.78, 5) is 14.8. The van der Waals surface area contributed by atoms with Gasteiger partial charge in [-0.1, -0.05) is 6.07 Å². The molecular formula is C11H16N2OS. The lowest BCUT2D eigenvalue weighted by Gasteiger charge is -2.14. The highest BCUT2D eigenvalue weighted by Crippen LogP contribution is 2.18. The second-order valence-electron chi connectivity index (χ2n) is 4.09. The van der Waals surface area contributed by atoms with Gasteiger partial charge in [0.25, 0.3) is 0 Å². The van der Waals surface area contributed by atoms with E-state index in [1.165, 1.54) is 4.88 Å². The van der Waals surface area contributed by atoms with Crippen LogP contribution in [0.1, 0.15) is 17.7 Å². The zero-order valence-corrected chi connectivity index (χ0v) is 9.72. The molecule has 0 saturated heterocycles. The number of rotatable bonds is 5. The van der Waals surface area contributed by atoms with Crippen LogP contribution in [0.4, 0.5) is 0 Å². The second kappa shape index (κ2) is 4.77. The number of hydrogen-bond acceptors (Lipinski definition) is 3. The van der Waals surface area contributed by atoms with E-state index in [0.717, 1.165) is 19.4 Å². The molecule has 1 aromatic heterocycles. The van der Waals surface area contributed by atoms with Gasteiger partial charge in [0, 0.05) is 17.5 Å². The molecule has 1 fully saturated rings. The summed E-state index contributed by atoms with van der Waals surface area (Å²) >= 11 is 1.73. The van der Waals surface area contributed by atoms with E-state index in [1.807, 2.05) is 18.0 Å². The lowest BCUT2D eigenvalue weighted by molar-refractivity contribution is -0.122. The molecule has 1 aromatic rings. The number of nitrogens with zero attached hydrogens (tertiary/aromatic N) is 1. The normalized spacial score (nSPS) is 15.6. The zero-order valence-electron chi connectivity index (χ0n) is 8.90. The number of hydrogen-bond donors (Lipinski definition) is 1. The van der Waals surface area contributed by atoms with Crippen molar-refractivity contribution >= 4 is 17.2 Å².